The minimum atomic E-state index is -3.45. The molecular weight excluding hydrogens is 1130 g/mol. The number of nitrogens with one attached hydrogen (secondary N) is 1. The topological polar surface area (TPSA) is 288 Å². The van der Waals surface area contributed by atoms with Gasteiger partial charge in [0.05, 0.1) is 35.1 Å². The summed E-state index contributed by atoms with van der Waals surface area (Å²) in [6.07, 6.45) is 4.66. The van der Waals surface area contributed by atoms with Gasteiger partial charge in [-0.25, -0.2) is 48.1 Å². The molecular formula is C45H59BBrK2N6O15S3. The van der Waals surface area contributed by atoms with E-state index in [4.69, 9.17) is 29.7 Å². The Morgan fingerprint density at radius 3 is 1.40 bits per heavy atom. The van der Waals surface area contributed by atoms with Crippen molar-refractivity contribution in [2.75, 3.05) is 63.1 Å². The molecule has 0 fully saturated rings. The number of methoxy groups -OCH3 is 2. The van der Waals surface area contributed by atoms with Crippen molar-refractivity contribution in [3.63, 3.8) is 0 Å². The molecule has 6 rings (SSSR count). The van der Waals surface area contributed by atoms with Gasteiger partial charge in [-0.15, -0.1) is 0 Å². The van der Waals surface area contributed by atoms with Crippen molar-refractivity contribution in [1.29, 1.82) is 0 Å². The number of aliphatic hydroxyl groups is 1. The van der Waals surface area contributed by atoms with Crippen LogP contribution in [0.1, 0.15) is 15.8 Å². The minimum absolute atomic E-state index is 0. The fraction of sp³-hybridized carbons (Fsp3) is 0.244. The van der Waals surface area contributed by atoms with Gasteiger partial charge in [-0.2, -0.15) is 0 Å². The first kappa shape index (κ1) is 74.4. The number of H-pyrrole nitrogens is 1. The first-order valence-electron chi connectivity index (χ1n) is 19.9. The van der Waals surface area contributed by atoms with Crippen molar-refractivity contribution >= 4 is 60.2 Å². The molecule has 0 unspecified atom stereocenters. The Hall–Kier alpha value is -2.79. The van der Waals surface area contributed by atoms with Crippen molar-refractivity contribution in [2.24, 2.45) is 0 Å². The molecule has 0 saturated heterocycles. The number of aromatic nitrogens is 3. The molecule has 3 aromatic heterocycles. The van der Waals surface area contributed by atoms with Crippen molar-refractivity contribution in [1.82, 2.24) is 27.9 Å². The van der Waals surface area contributed by atoms with Gasteiger partial charge in [0.2, 0.25) is 47.4 Å². The van der Waals surface area contributed by atoms with E-state index >= 15 is 0 Å². The molecule has 6 aromatic rings. The van der Waals surface area contributed by atoms with Crippen LogP contribution in [-0.2, 0) is 39.8 Å². The van der Waals surface area contributed by atoms with E-state index in [2.05, 4.69) is 40.4 Å². The number of aromatic amines is 1. The van der Waals surface area contributed by atoms with Crippen molar-refractivity contribution in [3.8, 4) is 39.8 Å². The predicted molar refractivity (Wildman–Crippen MR) is 273 cm³/mol. The molecule has 3 heterocycles. The van der Waals surface area contributed by atoms with Gasteiger partial charge in [0.25, 0.3) is 6.47 Å². The van der Waals surface area contributed by atoms with Crippen molar-refractivity contribution in [3.05, 3.63) is 143 Å². The molecule has 28 heteroatoms. The van der Waals surface area contributed by atoms with Gasteiger partial charge in [0.1, 0.15) is 5.75 Å². The Morgan fingerprint density at radius 2 is 1.07 bits per heavy atom. The smallest absolute Gasteiger partial charge is 1.00 e. The maximum absolute atomic E-state index is 12.1. The van der Waals surface area contributed by atoms with Crippen LogP contribution in [0.4, 0.5) is 0 Å². The Morgan fingerprint density at radius 1 is 0.671 bits per heavy atom. The number of hydrogen-bond acceptors (Lipinski definition) is 17. The van der Waals surface area contributed by atoms with Gasteiger partial charge in [-0.05, 0) is 84.3 Å². The van der Waals surface area contributed by atoms with Crippen molar-refractivity contribution in [2.45, 2.75) is 29.0 Å². The summed E-state index contributed by atoms with van der Waals surface area (Å²) in [5.74, 6) is 1.49. The van der Waals surface area contributed by atoms with Crippen LogP contribution in [0.25, 0.3) is 22.3 Å². The molecule has 0 saturated carbocycles. The summed E-state index contributed by atoms with van der Waals surface area (Å²) in [5.41, 5.74) is 2.93. The molecule has 389 valence electrons. The van der Waals surface area contributed by atoms with Gasteiger partial charge in [0.15, 0.2) is 0 Å². The SMILES string of the molecule is C.CCO.CN(C)S(=O)(=O)c1cccc(-c2ccc(=O)[nH]c2)c1.CN(C)S(=O)(=O)c1cccc(Br)c1.COc1ccc(-c2cccc(S(=O)(=O)N(C)C)c2)cn1.COc1ccc(O[B]O)cn1.O=CO[O-].[H-].[K+].[K+]. The third-order valence-corrected chi connectivity index (χ3v) is 14.3. The number of ether oxygens (including phenoxy) is 2. The average Bonchev–Trinajstić information content (AvgIpc) is 3.35. The van der Waals surface area contributed by atoms with Gasteiger partial charge >= 0.3 is 110 Å². The quantitative estimate of drug-likeness (QED) is 0.0497. The number of benzene rings is 3. The van der Waals surface area contributed by atoms with E-state index in [9.17, 15) is 30.0 Å². The number of carbonyl (C=O) groups excluding carboxylic acids is 1. The van der Waals surface area contributed by atoms with Crippen molar-refractivity contribution < 1.29 is 169 Å². The van der Waals surface area contributed by atoms with E-state index < -0.39 is 30.1 Å². The summed E-state index contributed by atoms with van der Waals surface area (Å²) in [7, 11) is 2.51. The Bertz CT molecular complexity index is 2900. The summed E-state index contributed by atoms with van der Waals surface area (Å²) in [6, 6.07) is 29.9. The van der Waals surface area contributed by atoms with Crippen LogP contribution in [-0.4, -0.2) is 141 Å². The van der Waals surface area contributed by atoms with E-state index in [1.54, 1.807) is 117 Å². The van der Waals surface area contributed by atoms with E-state index in [1.165, 1.54) is 74.6 Å². The van der Waals surface area contributed by atoms with E-state index in [0.717, 1.165) is 26.7 Å². The number of nitrogens with zero attached hydrogens (tertiary/aromatic N) is 5. The van der Waals surface area contributed by atoms with Crippen LogP contribution < -0.4 is 128 Å². The molecule has 0 aliphatic rings. The zero-order valence-corrected chi connectivity index (χ0v) is 51.8. The number of rotatable bonds is 13. The monoisotopic (exact) mass is 1190 g/mol. The number of halogens is 1. The summed E-state index contributed by atoms with van der Waals surface area (Å²) < 4.78 is 90.2. The molecule has 0 aliphatic heterocycles. The molecule has 0 atom stereocenters. The standard InChI is InChI=1S/C14H16N2O3S.C13H14N2O3S.C8H10BrNO2S.C6H7BNO3.C2H6O.CH2O3.CH4.2K.H/c1-16(2)20(17,18)13-6-4-5-11(9-13)12-7-8-14(19-3)15-10-12;1-15(2)19(17,18)12-5-3-4-10(8-12)11-6-7-13(16)14-9-11;1-10(2)13(11,12)8-5-3-4-7(9)6-8;1-10-6-3-2-5(4-8-6)11-7-9;1-2-3;2-1-4-3;;;;/h4-10H,1-3H3;3-9H,1-2H3,(H,14,16);3-6H,1-2H3;2-4,9H,1H3;3H,2H2,1H3;1,3H;1H4;;;/q;;;;;;;2*+1;-1/p-1. The summed E-state index contributed by atoms with van der Waals surface area (Å²) in [5, 5.41) is 24.2. The zero-order chi connectivity index (χ0) is 53.1. The summed E-state index contributed by atoms with van der Waals surface area (Å²) in [4.78, 5) is 33.6. The number of sulfonamides is 3. The molecule has 3 aromatic carbocycles. The third kappa shape index (κ3) is 26.2. The molecule has 3 N–H and O–H groups in total. The average molecular weight is 1190 g/mol. The summed E-state index contributed by atoms with van der Waals surface area (Å²) >= 11 is 3.22. The fourth-order valence-electron chi connectivity index (χ4n) is 4.81. The number of aliphatic hydroxyl groups excluding tert-OH is 1. The fourth-order valence-corrected chi connectivity index (χ4v) is 8.21. The van der Waals surface area contributed by atoms with E-state index in [1.807, 2.05) is 12.1 Å². The molecule has 0 spiro atoms. The molecule has 1 radical (unpaired) electrons. The van der Waals surface area contributed by atoms with Crippen LogP contribution in [0, 0.1) is 0 Å². The van der Waals surface area contributed by atoms with E-state index in [-0.39, 0.29) is 140 Å². The van der Waals surface area contributed by atoms with Gasteiger partial charge < -0.3 is 40.8 Å². The first-order chi connectivity index (χ1) is 33.0. The van der Waals surface area contributed by atoms with Crippen LogP contribution in [0.2, 0.25) is 0 Å². The van der Waals surface area contributed by atoms with Crippen LogP contribution in [0.15, 0.2) is 152 Å². The van der Waals surface area contributed by atoms with Crippen LogP contribution in [0.5, 0.6) is 17.5 Å². The maximum Gasteiger partial charge on any atom is 1.00 e. The molecule has 0 aliphatic carbocycles. The minimum Gasteiger partial charge on any atom is -1.00 e. The second kappa shape index (κ2) is 38.7. The molecule has 21 nitrogen and oxygen atoms in total. The van der Waals surface area contributed by atoms with Crippen LogP contribution in [0.3, 0.4) is 0 Å². The second-order valence-corrected chi connectivity index (χ2v) is 21.0. The Labute approximate surface area is 524 Å². The van der Waals surface area contributed by atoms with Gasteiger partial charge in [-0.1, -0.05) is 53.7 Å². The Kier molecular flexibility index (Phi) is 39.5. The van der Waals surface area contributed by atoms with Crippen LogP contribution >= 0.6 is 15.9 Å². The number of pyridine rings is 3. The predicted octanol–water partition coefficient (Wildman–Crippen LogP) is -1.82. The normalized spacial score (nSPS) is 10.2. The maximum atomic E-state index is 12.1. The number of hydrogen-bond donors (Lipinski definition) is 3. The molecule has 0 amide bonds. The first-order valence-corrected chi connectivity index (χ1v) is 25.0. The van der Waals surface area contributed by atoms with Gasteiger partial charge in [0, 0.05) is 89.5 Å². The molecule has 73 heavy (non-hydrogen) atoms. The van der Waals surface area contributed by atoms with Gasteiger partial charge in [-0.3, -0.25) is 9.59 Å². The van der Waals surface area contributed by atoms with E-state index in [0.29, 0.717) is 30.1 Å². The summed E-state index contributed by atoms with van der Waals surface area (Å²) in [6.45, 7) is 1.75. The second-order valence-electron chi connectivity index (χ2n) is 13.7. The number of carbonyl (C=O) groups is 1. The third-order valence-electron chi connectivity index (χ3n) is 8.34. The zero-order valence-electron chi connectivity index (χ0n) is 42.5. The molecule has 0 bridgehead atoms. The Balaban J connectivity index is -0.000000424. The largest absolute Gasteiger partial charge is 1.00 e.